The molecule has 3 saturated carbocycles. The van der Waals surface area contributed by atoms with Crippen LogP contribution in [0.15, 0.2) is 6.07 Å². The fourth-order valence-electron chi connectivity index (χ4n) is 8.91. The average molecular weight is 568 g/mol. The Morgan fingerprint density at radius 2 is 1.61 bits per heavy atom. The van der Waals surface area contributed by atoms with Crippen molar-refractivity contribution in [3.63, 3.8) is 0 Å². The third-order valence-corrected chi connectivity index (χ3v) is 10.5. The van der Waals surface area contributed by atoms with Crippen LogP contribution in [0.5, 0.6) is 5.75 Å². The van der Waals surface area contributed by atoms with Crippen LogP contribution in [-0.4, -0.2) is 84.0 Å². The van der Waals surface area contributed by atoms with Gasteiger partial charge < -0.3 is 20.8 Å². The lowest BCUT2D eigenvalue weighted by Gasteiger charge is -2.61. The molecule has 0 aliphatic heterocycles. The standard InChI is InChI=1S/C31H41N3O7/c1-29-13-17-18(33(3)4)12-16(15-10-8-7-9-11-15)22(35)19(17)23(36)21(29)27(39)31(41)26(38)20(28(32)40)24(37)25(34(5)6)30(31,2)14-29/h12,15,20-21,25,35,41H,7-11,13-14H2,1-6H3,(H2,32,40)/t20?,21?,25-,29+,30+,31-/m1/s1. The molecule has 1 aromatic carbocycles. The van der Waals surface area contributed by atoms with Crippen molar-refractivity contribution in [2.75, 3.05) is 33.1 Å². The summed E-state index contributed by atoms with van der Waals surface area (Å²) in [5, 5.41) is 23.7. The Balaban J connectivity index is 1.73. The molecule has 4 aliphatic rings. The van der Waals surface area contributed by atoms with Crippen molar-refractivity contribution in [1.29, 1.82) is 0 Å². The number of aromatic hydroxyl groups is 1. The first-order valence-electron chi connectivity index (χ1n) is 14.4. The van der Waals surface area contributed by atoms with E-state index >= 15 is 0 Å². The number of phenolic OH excluding ortho intramolecular Hbond substituents is 1. The molecular formula is C31H41N3O7. The summed E-state index contributed by atoms with van der Waals surface area (Å²) in [5.74, 6) is -8.47. The number of nitrogens with two attached hydrogens (primary N) is 1. The predicted octanol–water partition coefficient (Wildman–Crippen LogP) is 1.76. The van der Waals surface area contributed by atoms with Crippen LogP contribution >= 0.6 is 0 Å². The zero-order valence-electron chi connectivity index (χ0n) is 24.7. The van der Waals surface area contributed by atoms with E-state index in [-0.39, 0.29) is 30.1 Å². The Kier molecular flexibility index (Phi) is 6.78. The SMILES string of the molecule is CN(C)c1cc(C2CCCCC2)c(O)c2c1C[C@@]1(C)C[C@@]3(C)[C@H](N(C)C)C(=O)C(C(N)=O)C(=O)[C@@]3(O)C(=O)C1C2=O. The van der Waals surface area contributed by atoms with Crippen molar-refractivity contribution in [1.82, 2.24) is 4.90 Å². The Hall–Kier alpha value is -3.11. The van der Waals surface area contributed by atoms with Crippen LogP contribution in [0, 0.1) is 22.7 Å². The number of fused-ring (bicyclic) bond motifs is 3. The lowest BCUT2D eigenvalue weighted by molar-refractivity contribution is -0.203. The van der Waals surface area contributed by atoms with Gasteiger partial charge in [0, 0.05) is 25.2 Å². The van der Waals surface area contributed by atoms with Gasteiger partial charge in [0.2, 0.25) is 5.91 Å². The van der Waals surface area contributed by atoms with Crippen LogP contribution in [0.4, 0.5) is 5.69 Å². The number of nitrogens with zero attached hydrogens (tertiary/aromatic N) is 2. The second-order valence-electron chi connectivity index (χ2n) is 13.7. The van der Waals surface area contributed by atoms with Crippen molar-refractivity contribution in [3.05, 3.63) is 22.8 Å². The Morgan fingerprint density at radius 3 is 2.15 bits per heavy atom. The third-order valence-electron chi connectivity index (χ3n) is 10.5. The number of carbonyl (C=O) groups excluding carboxylic acids is 5. The highest BCUT2D eigenvalue weighted by atomic mass is 16.3. The molecule has 0 spiro atoms. The number of benzene rings is 1. The fourth-order valence-corrected chi connectivity index (χ4v) is 8.91. The van der Waals surface area contributed by atoms with E-state index in [4.69, 9.17) is 5.73 Å². The Bertz CT molecular complexity index is 1380. The van der Waals surface area contributed by atoms with Crippen molar-refractivity contribution in [2.45, 2.75) is 76.4 Å². The number of hydrogen-bond donors (Lipinski definition) is 3. The lowest BCUT2D eigenvalue weighted by atomic mass is 9.42. The maximum Gasteiger partial charge on any atom is 0.235 e. The molecule has 222 valence electrons. The summed E-state index contributed by atoms with van der Waals surface area (Å²) < 4.78 is 0. The summed E-state index contributed by atoms with van der Waals surface area (Å²) in [4.78, 5) is 71.9. The number of aliphatic hydroxyl groups is 1. The van der Waals surface area contributed by atoms with E-state index in [1.165, 1.54) is 11.8 Å². The predicted molar refractivity (Wildman–Crippen MR) is 151 cm³/mol. The molecule has 0 heterocycles. The number of likely N-dealkylation sites (N-methyl/N-ethyl adjacent to an activating group) is 1. The minimum absolute atomic E-state index is 0.0259. The monoisotopic (exact) mass is 567 g/mol. The maximum atomic E-state index is 14.5. The van der Waals surface area contributed by atoms with Crippen LogP contribution in [0.1, 0.15) is 79.8 Å². The normalized spacial score (nSPS) is 35.7. The first-order valence-corrected chi connectivity index (χ1v) is 14.4. The summed E-state index contributed by atoms with van der Waals surface area (Å²) in [6, 6.07) is 0.772. The largest absolute Gasteiger partial charge is 0.507 e. The van der Waals surface area contributed by atoms with Gasteiger partial charge in [-0.3, -0.25) is 28.9 Å². The second kappa shape index (κ2) is 9.46. The summed E-state index contributed by atoms with van der Waals surface area (Å²) in [6.07, 6.45) is 5.11. The number of Topliss-reactive ketones (excluding diaryl/α,β-unsaturated/α-hetero) is 4. The summed E-state index contributed by atoms with van der Waals surface area (Å²) in [6.45, 7) is 3.29. The minimum atomic E-state index is -2.80. The van der Waals surface area contributed by atoms with Gasteiger partial charge in [-0.05, 0) is 68.3 Å². The Morgan fingerprint density at radius 1 is 1.00 bits per heavy atom. The molecule has 5 rings (SSSR count). The van der Waals surface area contributed by atoms with Crippen molar-refractivity contribution in [2.24, 2.45) is 28.4 Å². The summed E-state index contributed by atoms with van der Waals surface area (Å²) >= 11 is 0. The molecule has 2 unspecified atom stereocenters. The molecule has 0 saturated heterocycles. The number of hydrogen-bond acceptors (Lipinski definition) is 9. The number of ketones is 4. The van der Waals surface area contributed by atoms with Gasteiger partial charge in [0.05, 0.1) is 17.5 Å². The van der Waals surface area contributed by atoms with Crippen molar-refractivity contribution < 1.29 is 34.2 Å². The average Bonchev–Trinajstić information content (AvgIpc) is 2.86. The first-order chi connectivity index (χ1) is 19.0. The minimum Gasteiger partial charge on any atom is -0.507 e. The van der Waals surface area contributed by atoms with E-state index in [1.807, 2.05) is 25.1 Å². The van der Waals surface area contributed by atoms with E-state index in [2.05, 4.69) is 0 Å². The molecule has 0 bridgehead atoms. The van der Waals surface area contributed by atoms with Crippen LogP contribution < -0.4 is 10.6 Å². The summed E-state index contributed by atoms with van der Waals surface area (Å²) in [5.41, 5.74) is 2.07. The molecule has 6 atom stereocenters. The van der Waals surface area contributed by atoms with E-state index in [0.29, 0.717) is 11.1 Å². The molecular weight excluding hydrogens is 526 g/mol. The van der Waals surface area contributed by atoms with Gasteiger partial charge >= 0.3 is 0 Å². The van der Waals surface area contributed by atoms with Gasteiger partial charge in [-0.25, -0.2) is 0 Å². The van der Waals surface area contributed by atoms with E-state index in [0.717, 1.165) is 37.8 Å². The molecule has 4 N–H and O–H groups in total. The van der Waals surface area contributed by atoms with E-state index < -0.39 is 63.3 Å². The number of carbonyl (C=O) groups is 5. The lowest BCUT2D eigenvalue weighted by Crippen LogP contribution is -2.79. The molecule has 10 nitrogen and oxygen atoms in total. The first kappa shape index (κ1) is 29.4. The third kappa shape index (κ3) is 3.79. The highest BCUT2D eigenvalue weighted by molar-refractivity contribution is 6.33. The van der Waals surface area contributed by atoms with Crippen molar-refractivity contribution in [3.8, 4) is 5.75 Å². The van der Waals surface area contributed by atoms with Crippen LogP contribution in [0.2, 0.25) is 0 Å². The maximum absolute atomic E-state index is 14.5. The second-order valence-corrected chi connectivity index (χ2v) is 13.7. The van der Waals surface area contributed by atoms with Crippen LogP contribution in [-0.2, 0) is 25.6 Å². The number of amides is 1. The van der Waals surface area contributed by atoms with Gasteiger partial charge in [0.25, 0.3) is 0 Å². The number of phenols is 1. The summed E-state index contributed by atoms with van der Waals surface area (Å²) in [7, 11) is 6.90. The molecule has 0 aromatic heterocycles. The smallest absolute Gasteiger partial charge is 0.235 e. The zero-order valence-corrected chi connectivity index (χ0v) is 24.7. The van der Waals surface area contributed by atoms with Gasteiger partial charge in [-0.1, -0.05) is 33.1 Å². The van der Waals surface area contributed by atoms with Gasteiger partial charge in [-0.2, -0.15) is 0 Å². The molecule has 3 fully saturated rings. The molecule has 10 heteroatoms. The van der Waals surface area contributed by atoms with Gasteiger partial charge in [-0.15, -0.1) is 0 Å². The highest BCUT2D eigenvalue weighted by Gasteiger charge is 2.76. The van der Waals surface area contributed by atoms with E-state index in [9.17, 15) is 34.2 Å². The number of primary amides is 1. The van der Waals surface area contributed by atoms with Gasteiger partial charge in [0.15, 0.2) is 34.7 Å². The van der Waals surface area contributed by atoms with E-state index in [1.54, 1.807) is 21.0 Å². The molecule has 1 aromatic rings. The van der Waals surface area contributed by atoms with Crippen LogP contribution in [0.25, 0.3) is 0 Å². The number of rotatable bonds is 4. The highest BCUT2D eigenvalue weighted by Crippen LogP contribution is 2.62. The molecule has 41 heavy (non-hydrogen) atoms. The van der Waals surface area contributed by atoms with Crippen LogP contribution in [0.3, 0.4) is 0 Å². The number of anilines is 1. The molecule has 4 aliphatic carbocycles. The fraction of sp³-hybridized carbons (Fsp3) is 0.645. The topological polar surface area (TPSA) is 158 Å². The Labute approximate surface area is 240 Å². The van der Waals surface area contributed by atoms with Gasteiger partial charge in [0.1, 0.15) is 5.75 Å². The van der Waals surface area contributed by atoms with Crippen molar-refractivity contribution >= 4 is 34.7 Å². The molecule has 0 radical (unpaired) electrons. The molecule has 1 amide bonds. The quantitative estimate of drug-likeness (QED) is 0.461. The zero-order chi connectivity index (χ0) is 30.4.